The minimum absolute atomic E-state index is 0.00565. The van der Waals surface area contributed by atoms with Crippen molar-refractivity contribution in [3.8, 4) is 5.75 Å². The highest BCUT2D eigenvalue weighted by Crippen LogP contribution is 2.57. The Morgan fingerprint density at radius 3 is 2.67 bits per heavy atom. The molecule has 0 aliphatic carbocycles. The summed E-state index contributed by atoms with van der Waals surface area (Å²) in [5.74, 6) is -1.54. The van der Waals surface area contributed by atoms with Gasteiger partial charge in [0.2, 0.25) is 11.8 Å². The molecule has 42 heavy (non-hydrogen) atoms. The first-order valence-corrected chi connectivity index (χ1v) is 14.8. The second-order valence-corrected chi connectivity index (χ2v) is 13.4. The van der Waals surface area contributed by atoms with E-state index in [1.807, 2.05) is 18.2 Å². The van der Waals surface area contributed by atoms with Crippen molar-refractivity contribution >= 4 is 46.4 Å². The molecular formula is C32H33Cl2FN4O3. The second-order valence-electron chi connectivity index (χ2n) is 12.6. The Balaban J connectivity index is 1.53. The highest BCUT2D eigenvalue weighted by molar-refractivity contribution is 6.31. The Morgan fingerprint density at radius 1 is 1.14 bits per heavy atom. The van der Waals surface area contributed by atoms with Gasteiger partial charge in [-0.05, 0) is 59.4 Å². The predicted octanol–water partition coefficient (Wildman–Crippen LogP) is 5.88. The molecule has 4 N–H and O–H groups in total. The highest BCUT2D eigenvalue weighted by atomic mass is 35.5. The number of amides is 2. The van der Waals surface area contributed by atoms with Crippen LogP contribution in [0.25, 0.3) is 0 Å². The maximum absolute atomic E-state index is 16.0. The van der Waals surface area contributed by atoms with E-state index in [0.717, 1.165) is 17.7 Å². The van der Waals surface area contributed by atoms with Gasteiger partial charge in [0.05, 0.1) is 23.3 Å². The normalized spacial score (nSPS) is 24.6. The maximum atomic E-state index is 16.0. The number of carbonyl (C=O) groups is 2. The van der Waals surface area contributed by atoms with Crippen LogP contribution in [0.5, 0.6) is 5.75 Å². The first kappa shape index (κ1) is 28.8. The van der Waals surface area contributed by atoms with E-state index in [-0.39, 0.29) is 34.6 Å². The van der Waals surface area contributed by atoms with E-state index in [2.05, 4.69) is 31.4 Å². The number of rotatable bonds is 4. The molecule has 0 bridgehead atoms. The fraction of sp³-hybridized carbons (Fsp3) is 0.375. The van der Waals surface area contributed by atoms with Crippen molar-refractivity contribution < 1.29 is 18.7 Å². The van der Waals surface area contributed by atoms with Gasteiger partial charge in [0, 0.05) is 40.2 Å². The van der Waals surface area contributed by atoms with E-state index in [0.29, 0.717) is 35.1 Å². The first-order valence-electron chi connectivity index (χ1n) is 14.0. The van der Waals surface area contributed by atoms with Gasteiger partial charge in [0.15, 0.2) is 0 Å². The molecule has 0 unspecified atom stereocenters. The number of ether oxygens (including phenoxy) is 1. The van der Waals surface area contributed by atoms with Crippen LogP contribution in [0.3, 0.4) is 0 Å². The van der Waals surface area contributed by atoms with Crippen molar-refractivity contribution in [2.24, 2.45) is 11.1 Å². The summed E-state index contributed by atoms with van der Waals surface area (Å²) in [6.07, 6.45) is 0.723. The first-order chi connectivity index (χ1) is 19.9. The van der Waals surface area contributed by atoms with Gasteiger partial charge >= 0.3 is 0 Å². The third-order valence-corrected chi connectivity index (χ3v) is 9.24. The number of nitrogens with one attached hydrogen (secondary N) is 2. The number of hydrogen-bond donors (Lipinski definition) is 3. The van der Waals surface area contributed by atoms with Crippen molar-refractivity contribution in [1.29, 1.82) is 0 Å². The number of anilines is 2. The molecule has 0 saturated carbocycles. The minimum Gasteiger partial charge on any atom is -0.490 e. The summed E-state index contributed by atoms with van der Waals surface area (Å²) < 4.78 is 21.9. The lowest BCUT2D eigenvalue weighted by Crippen LogP contribution is -2.50. The fourth-order valence-corrected chi connectivity index (χ4v) is 7.38. The van der Waals surface area contributed by atoms with Crippen LogP contribution in [0.2, 0.25) is 10.0 Å². The Labute approximate surface area is 254 Å². The van der Waals surface area contributed by atoms with Crippen LogP contribution in [-0.4, -0.2) is 43.6 Å². The minimum atomic E-state index is -0.796. The van der Waals surface area contributed by atoms with E-state index in [9.17, 15) is 9.59 Å². The molecular weight excluding hydrogens is 578 g/mol. The van der Waals surface area contributed by atoms with Crippen molar-refractivity contribution in [2.45, 2.75) is 50.6 Å². The standard InChI is InChI=1S/C32H33Cl2FN4O3/c1-31(2,3)15-25-32(16-37-22-14-18(33)8-9-20(22)32)26(19-5-4-6-21(34)27(19)35)28(38-25)30(41)39-11-12-42-24-13-17(29(36)40)7-10-23(24)39/h4-10,13-14,25-26,28,37-38H,11-12,15-16H2,1-3H3,(H2,36,40)/t25-,26-,28+,32-/m0/s1. The van der Waals surface area contributed by atoms with Crippen LogP contribution in [0.1, 0.15) is 54.6 Å². The van der Waals surface area contributed by atoms with Gasteiger partial charge in [-0.25, -0.2) is 4.39 Å². The quantitative estimate of drug-likeness (QED) is 0.343. The summed E-state index contributed by atoms with van der Waals surface area (Å²) in [5, 5.41) is 7.82. The lowest BCUT2D eigenvalue weighted by Gasteiger charge is -2.40. The number of fused-ring (bicyclic) bond motifs is 3. The number of benzene rings is 3. The molecule has 0 aromatic heterocycles. The largest absolute Gasteiger partial charge is 0.490 e. The van der Waals surface area contributed by atoms with Crippen molar-refractivity contribution in [3.05, 3.63) is 87.2 Å². The maximum Gasteiger partial charge on any atom is 0.248 e. The monoisotopic (exact) mass is 610 g/mol. The zero-order valence-corrected chi connectivity index (χ0v) is 25.2. The molecule has 4 atom stereocenters. The number of carbonyl (C=O) groups excluding carboxylic acids is 2. The van der Waals surface area contributed by atoms with Crippen LogP contribution in [-0.2, 0) is 10.2 Å². The molecule has 1 saturated heterocycles. The van der Waals surface area contributed by atoms with Gasteiger partial charge in [0.25, 0.3) is 0 Å². The second kappa shape index (κ2) is 10.4. The van der Waals surface area contributed by atoms with Crippen LogP contribution >= 0.6 is 23.2 Å². The lowest BCUT2D eigenvalue weighted by atomic mass is 9.63. The van der Waals surface area contributed by atoms with Gasteiger partial charge in [-0.2, -0.15) is 0 Å². The number of hydrogen-bond acceptors (Lipinski definition) is 5. The number of primary amides is 1. The van der Waals surface area contributed by atoms with Gasteiger partial charge < -0.3 is 26.0 Å². The van der Waals surface area contributed by atoms with E-state index in [4.69, 9.17) is 33.7 Å². The zero-order chi connectivity index (χ0) is 30.0. The van der Waals surface area contributed by atoms with Gasteiger partial charge in [-0.3, -0.25) is 9.59 Å². The molecule has 3 aliphatic rings. The van der Waals surface area contributed by atoms with Crippen LogP contribution in [0.15, 0.2) is 54.6 Å². The van der Waals surface area contributed by atoms with E-state index >= 15 is 4.39 Å². The van der Waals surface area contributed by atoms with Crippen molar-refractivity contribution in [1.82, 2.24) is 5.32 Å². The summed E-state index contributed by atoms with van der Waals surface area (Å²) in [6.45, 7) is 7.50. The number of halogens is 3. The number of nitrogens with zero attached hydrogens (tertiary/aromatic N) is 1. The molecule has 7 nitrogen and oxygen atoms in total. The molecule has 10 heteroatoms. The van der Waals surface area contributed by atoms with Crippen LogP contribution in [0.4, 0.5) is 15.8 Å². The molecule has 0 radical (unpaired) electrons. The Morgan fingerprint density at radius 2 is 1.93 bits per heavy atom. The Hall–Kier alpha value is -3.33. The molecule has 1 spiro atoms. The lowest BCUT2D eigenvalue weighted by molar-refractivity contribution is -0.121. The molecule has 1 fully saturated rings. The molecule has 6 rings (SSSR count). The smallest absolute Gasteiger partial charge is 0.248 e. The zero-order valence-electron chi connectivity index (χ0n) is 23.6. The van der Waals surface area contributed by atoms with Gasteiger partial charge in [-0.15, -0.1) is 0 Å². The number of nitrogens with two attached hydrogens (primary N) is 1. The third kappa shape index (κ3) is 4.70. The fourth-order valence-electron chi connectivity index (χ4n) is 7.02. The van der Waals surface area contributed by atoms with Crippen molar-refractivity contribution in [2.75, 3.05) is 29.9 Å². The summed E-state index contributed by atoms with van der Waals surface area (Å²) >= 11 is 12.7. The van der Waals surface area contributed by atoms with Gasteiger partial charge in [-0.1, -0.05) is 62.2 Å². The molecule has 3 heterocycles. The van der Waals surface area contributed by atoms with Crippen LogP contribution in [0, 0.1) is 11.2 Å². The Bertz CT molecular complexity index is 1590. The molecule has 3 aliphatic heterocycles. The van der Waals surface area contributed by atoms with Crippen molar-refractivity contribution in [3.63, 3.8) is 0 Å². The topological polar surface area (TPSA) is 96.7 Å². The van der Waals surface area contributed by atoms with Gasteiger partial charge in [0.1, 0.15) is 18.2 Å². The van der Waals surface area contributed by atoms with E-state index < -0.39 is 29.1 Å². The summed E-state index contributed by atoms with van der Waals surface area (Å²) in [4.78, 5) is 28.2. The Kier molecular flexibility index (Phi) is 7.15. The molecule has 3 aromatic carbocycles. The molecule has 220 valence electrons. The van der Waals surface area contributed by atoms with E-state index in [1.165, 1.54) is 6.07 Å². The third-order valence-electron chi connectivity index (χ3n) is 8.72. The molecule has 2 amide bonds. The summed E-state index contributed by atoms with van der Waals surface area (Å²) in [5.41, 5.74) is 7.76. The van der Waals surface area contributed by atoms with E-state index in [1.54, 1.807) is 35.2 Å². The summed E-state index contributed by atoms with van der Waals surface area (Å²) in [6, 6.07) is 14.5. The average molecular weight is 612 g/mol. The molecule has 3 aromatic rings. The average Bonchev–Trinajstić information content (AvgIpc) is 3.46. The SMILES string of the molecule is CC(C)(C)C[C@@H]1N[C@@H](C(=O)N2CCOc3cc(C(N)=O)ccc32)[C@H](c2cccc(Cl)c2F)[C@]12CNc1cc(Cl)ccc12. The highest BCUT2D eigenvalue weighted by Gasteiger charge is 2.62. The predicted molar refractivity (Wildman–Crippen MR) is 163 cm³/mol. The summed E-state index contributed by atoms with van der Waals surface area (Å²) in [7, 11) is 0. The van der Waals surface area contributed by atoms with Crippen LogP contribution < -0.4 is 26.0 Å².